The number of sulfonamides is 1. The van der Waals surface area contributed by atoms with Gasteiger partial charge >= 0.3 is 0 Å². The predicted molar refractivity (Wildman–Crippen MR) is 97.4 cm³/mol. The monoisotopic (exact) mass is 356 g/mol. The lowest BCUT2D eigenvalue weighted by Crippen LogP contribution is -2.40. The third-order valence-electron chi connectivity index (χ3n) is 4.26. The zero-order valence-electron chi connectivity index (χ0n) is 14.3. The van der Waals surface area contributed by atoms with Crippen LogP contribution in [-0.4, -0.2) is 45.8 Å². The summed E-state index contributed by atoms with van der Waals surface area (Å²) in [6, 6.07) is 7.02. The van der Waals surface area contributed by atoms with E-state index in [0.29, 0.717) is 11.4 Å². The highest BCUT2D eigenvalue weighted by Gasteiger charge is 2.21. The summed E-state index contributed by atoms with van der Waals surface area (Å²) >= 11 is 1.60. The normalized spacial score (nSPS) is 23.1. The molecule has 2 rings (SSSR count). The first-order valence-electron chi connectivity index (χ1n) is 8.27. The molecule has 1 N–H and O–H groups in total. The van der Waals surface area contributed by atoms with Gasteiger partial charge < -0.3 is 4.90 Å². The molecule has 0 radical (unpaired) electrons. The molecule has 1 saturated heterocycles. The van der Waals surface area contributed by atoms with Crippen LogP contribution in [0.5, 0.6) is 0 Å². The van der Waals surface area contributed by atoms with Gasteiger partial charge in [-0.1, -0.05) is 13.8 Å². The fourth-order valence-electron chi connectivity index (χ4n) is 3.32. The van der Waals surface area contributed by atoms with E-state index < -0.39 is 10.0 Å². The molecule has 0 amide bonds. The number of nitrogens with zero attached hydrogens (tertiary/aromatic N) is 1. The van der Waals surface area contributed by atoms with Crippen LogP contribution in [0.1, 0.15) is 26.7 Å². The van der Waals surface area contributed by atoms with Crippen LogP contribution >= 0.6 is 11.8 Å². The zero-order valence-corrected chi connectivity index (χ0v) is 15.9. The van der Waals surface area contributed by atoms with Crippen LogP contribution < -0.4 is 4.72 Å². The standard InChI is InChI=1S/C17H28N2O2S2/c1-14-11-15(2)13-19(12-14)10-4-9-18-23(20,21)17-7-5-16(22-3)6-8-17/h5-8,14-15,18H,4,9-13H2,1-3H3. The van der Waals surface area contributed by atoms with Crippen molar-refractivity contribution in [2.45, 2.75) is 36.5 Å². The minimum Gasteiger partial charge on any atom is -0.303 e. The Morgan fingerprint density at radius 2 is 1.78 bits per heavy atom. The van der Waals surface area contributed by atoms with Gasteiger partial charge in [-0.05, 0) is 61.7 Å². The topological polar surface area (TPSA) is 49.4 Å². The first-order chi connectivity index (χ1) is 10.9. The Labute approximate surface area is 145 Å². The molecule has 0 spiro atoms. The molecule has 1 aliphatic heterocycles. The van der Waals surface area contributed by atoms with E-state index in [1.165, 1.54) is 6.42 Å². The summed E-state index contributed by atoms with van der Waals surface area (Å²) < 4.78 is 27.2. The summed E-state index contributed by atoms with van der Waals surface area (Å²) in [6.07, 6.45) is 4.13. The number of piperidine rings is 1. The quantitative estimate of drug-likeness (QED) is 0.603. The Kier molecular flexibility index (Phi) is 6.95. The van der Waals surface area contributed by atoms with E-state index in [4.69, 9.17) is 0 Å². The van der Waals surface area contributed by atoms with Crippen LogP contribution in [0, 0.1) is 11.8 Å². The van der Waals surface area contributed by atoms with Crippen LogP contribution in [-0.2, 0) is 10.0 Å². The maximum atomic E-state index is 12.3. The molecular formula is C17H28N2O2S2. The molecule has 6 heteroatoms. The number of benzene rings is 1. The summed E-state index contributed by atoms with van der Waals surface area (Å²) in [5.74, 6) is 1.48. The van der Waals surface area contributed by atoms with Gasteiger partial charge in [0.1, 0.15) is 0 Å². The summed E-state index contributed by atoms with van der Waals surface area (Å²) in [7, 11) is -3.39. The van der Waals surface area contributed by atoms with E-state index in [0.717, 1.165) is 42.8 Å². The summed E-state index contributed by atoms with van der Waals surface area (Å²) in [4.78, 5) is 3.87. The lowest BCUT2D eigenvalue weighted by molar-refractivity contribution is 0.140. The molecular weight excluding hydrogens is 328 g/mol. The fraction of sp³-hybridized carbons (Fsp3) is 0.647. The summed E-state index contributed by atoms with van der Waals surface area (Å²) in [5.41, 5.74) is 0. The van der Waals surface area contributed by atoms with Crippen LogP contribution in [0.15, 0.2) is 34.1 Å². The van der Waals surface area contributed by atoms with E-state index >= 15 is 0 Å². The summed E-state index contributed by atoms with van der Waals surface area (Å²) in [5, 5.41) is 0. The third kappa shape index (κ3) is 5.78. The lowest BCUT2D eigenvalue weighted by atomic mass is 9.92. The molecule has 1 aromatic rings. The van der Waals surface area contributed by atoms with Crippen LogP contribution in [0.2, 0.25) is 0 Å². The number of rotatable bonds is 7. The van der Waals surface area contributed by atoms with Gasteiger partial charge in [0.05, 0.1) is 4.90 Å². The Bertz CT molecular complexity index is 577. The van der Waals surface area contributed by atoms with Crippen molar-refractivity contribution < 1.29 is 8.42 Å². The second-order valence-corrected chi connectivity index (χ2v) is 9.28. The lowest BCUT2D eigenvalue weighted by Gasteiger charge is -2.34. The maximum absolute atomic E-state index is 12.3. The number of likely N-dealkylation sites (tertiary alicyclic amines) is 1. The molecule has 0 bridgehead atoms. The van der Waals surface area contributed by atoms with Crippen LogP contribution in [0.25, 0.3) is 0 Å². The second kappa shape index (κ2) is 8.51. The molecule has 0 aromatic heterocycles. The molecule has 23 heavy (non-hydrogen) atoms. The van der Waals surface area contributed by atoms with Gasteiger partial charge in [-0.25, -0.2) is 13.1 Å². The molecule has 4 nitrogen and oxygen atoms in total. The molecule has 1 aliphatic rings. The van der Waals surface area contributed by atoms with Gasteiger partial charge in [-0.3, -0.25) is 0 Å². The van der Waals surface area contributed by atoms with Crippen LogP contribution in [0.3, 0.4) is 0 Å². The van der Waals surface area contributed by atoms with Gasteiger partial charge in [-0.15, -0.1) is 11.8 Å². The van der Waals surface area contributed by atoms with Crippen molar-refractivity contribution in [1.29, 1.82) is 0 Å². The van der Waals surface area contributed by atoms with Gasteiger partial charge in [0.25, 0.3) is 0 Å². The summed E-state index contributed by atoms with van der Waals surface area (Å²) in [6.45, 7) is 8.31. The Hall–Kier alpha value is -0.560. The van der Waals surface area contributed by atoms with Gasteiger partial charge in [0.15, 0.2) is 0 Å². The van der Waals surface area contributed by atoms with Crippen molar-refractivity contribution >= 4 is 21.8 Å². The van der Waals surface area contributed by atoms with Crippen LogP contribution in [0.4, 0.5) is 0 Å². The average Bonchev–Trinajstić information content (AvgIpc) is 2.51. The van der Waals surface area contributed by atoms with Gasteiger partial charge in [0.2, 0.25) is 10.0 Å². The number of hydrogen-bond donors (Lipinski definition) is 1. The van der Waals surface area contributed by atoms with Gasteiger partial charge in [0, 0.05) is 24.5 Å². The van der Waals surface area contributed by atoms with Crippen molar-refractivity contribution in [3.8, 4) is 0 Å². The molecule has 1 fully saturated rings. The Balaban J connectivity index is 1.78. The van der Waals surface area contributed by atoms with Crippen molar-refractivity contribution in [3.63, 3.8) is 0 Å². The van der Waals surface area contributed by atoms with Crippen molar-refractivity contribution in [2.75, 3.05) is 32.4 Å². The Morgan fingerprint density at radius 1 is 1.17 bits per heavy atom. The van der Waals surface area contributed by atoms with E-state index in [2.05, 4.69) is 23.5 Å². The smallest absolute Gasteiger partial charge is 0.240 e. The number of nitrogens with one attached hydrogen (secondary N) is 1. The maximum Gasteiger partial charge on any atom is 0.240 e. The number of thioether (sulfide) groups is 1. The fourth-order valence-corrected chi connectivity index (χ4v) is 4.80. The van der Waals surface area contributed by atoms with E-state index in [1.54, 1.807) is 23.9 Å². The molecule has 0 saturated carbocycles. The Morgan fingerprint density at radius 3 is 2.35 bits per heavy atom. The molecule has 2 atom stereocenters. The molecule has 0 aliphatic carbocycles. The zero-order chi connectivity index (χ0) is 16.9. The first-order valence-corrected chi connectivity index (χ1v) is 11.0. The average molecular weight is 357 g/mol. The highest BCUT2D eigenvalue weighted by atomic mass is 32.2. The minimum absolute atomic E-state index is 0.343. The van der Waals surface area contributed by atoms with E-state index in [1.807, 2.05) is 18.4 Å². The SMILES string of the molecule is CSc1ccc(S(=O)(=O)NCCCN2CC(C)CC(C)C2)cc1. The van der Waals surface area contributed by atoms with E-state index in [9.17, 15) is 8.42 Å². The largest absolute Gasteiger partial charge is 0.303 e. The van der Waals surface area contributed by atoms with Crippen molar-refractivity contribution in [2.24, 2.45) is 11.8 Å². The molecule has 1 aromatic carbocycles. The number of hydrogen-bond acceptors (Lipinski definition) is 4. The molecule has 1 heterocycles. The minimum atomic E-state index is -3.39. The van der Waals surface area contributed by atoms with Gasteiger partial charge in [-0.2, -0.15) is 0 Å². The first kappa shape index (κ1) is 18.8. The van der Waals surface area contributed by atoms with Crippen molar-refractivity contribution in [1.82, 2.24) is 9.62 Å². The van der Waals surface area contributed by atoms with Crippen molar-refractivity contribution in [3.05, 3.63) is 24.3 Å². The highest BCUT2D eigenvalue weighted by molar-refractivity contribution is 7.98. The molecule has 130 valence electrons. The second-order valence-electron chi connectivity index (χ2n) is 6.63. The highest BCUT2D eigenvalue weighted by Crippen LogP contribution is 2.21. The predicted octanol–water partition coefficient (Wildman–Crippen LogP) is 3.05. The molecule has 2 unspecified atom stereocenters. The van der Waals surface area contributed by atoms with E-state index in [-0.39, 0.29) is 0 Å². The third-order valence-corrected chi connectivity index (χ3v) is 6.48.